The molecule has 8 nitrogen and oxygen atoms in total. The third-order valence-electron chi connectivity index (χ3n) is 5.88. The minimum absolute atomic E-state index is 0.00954. The van der Waals surface area contributed by atoms with E-state index in [1.807, 2.05) is 45.9 Å². The highest BCUT2D eigenvalue weighted by Gasteiger charge is 2.36. The standard InChI is InChI=1S/C30H43N3O5/c1-8-9-17-33(28(36)25(18-20(2)3)32-29(37)38-30(5,6)7)26(22-14-12-15-23(34)19-22)27(35)31-24-16-11-10-13-21(24)4/h10-16,19-20,25-26,34H,8-9,17-18H2,1-7H3,(H,31,35)(H,32,37). The number of para-hydroxylation sites is 1. The van der Waals surface area contributed by atoms with E-state index in [0.29, 0.717) is 30.6 Å². The van der Waals surface area contributed by atoms with Gasteiger partial charge in [0.2, 0.25) is 5.91 Å². The number of unbranched alkanes of at least 4 members (excludes halogenated alkanes) is 1. The Balaban J connectivity index is 2.53. The second-order valence-electron chi connectivity index (χ2n) is 11.0. The minimum Gasteiger partial charge on any atom is -0.508 e. The molecule has 2 rings (SSSR count). The molecular weight excluding hydrogens is 482 g/mol. The molecule has 0 saturated carbocycles. The van der Waals surface area contributed by atoms with Crippen LogP contribution in [0, 0.1) is 12.8 Å². The van der Waals surface area contributed by atoms with Gasteiger partial charge in [0.25, 0.3) is 5.91 Å². The summed E-state index contributed by atoms with van der Waals surface area (Å²) in [7, 11) is 0. The van der Waals surface area contributed by atoms with Gasteiger partial charge in [0.05, 0.1) is 0 Å². The molecule has 0 radical (unpaired) electrons. The Hall–Kier alpha value is -3.55. The second-order valence-corrected chi connectivity index (χ2v) is 11.0. The SMILES string of the molecule is CCCCN(C(=O)C(CC(C)C)NC(=O)OC(C)(C)C)C(C(=O)Nc1ccccc1C)c1cccc(O)c1. The number of carbonyl (C=O) groups excluding carboxylic acids is 3. The molecule has 2 atom stereocenters. The number of phenolic OH excluding ortho intramolecular Hbond substituents is 1. The van der Waals surface area contributed by atoms with Gasteiger partial charge in [-0.1, -0.05) is 57.5 Å². The summed E-state index contributed by atoms with van der Waals surface area (Å²) in [5, 5.41) is 15.9. The van der Waals surface area contributed by atoms with E-state index in [-0.39, 0.29) is 17.6 Å². The number of nitrogens with one attached hydrogen (secondary N) is 2. The Bertz CT molecular complexity index is 1090. The molecule has 8 heteroatoms. The van der Waals surface area contributed by atoms with Crippen LogP contribution in [0.1, 0.15) is 78.0 Å². The molecule has 3 N–H and O–H groups in total. The van der Waals surface area contributed by atoms with Crippen molar-refractivity contribution >= 4 is 23.6 Å². The van der Waals surface area contributed by atoms with E-state index in [0.717, 1.165) is 12.0 Å². The van der Waals surface area contributed by atoms with Crippen molar-refractivity contribution in [1.82, 2.24) is 10.2 Å². The molecule has 0 aliphatic heterocycles. The minimum atomic E-state index is -1.03. The number of hydrogen-bond acceptors (Lipinski definition) is 5. The van der Waals surface area contributed by atoms with Crippen LogP contribution in [-0.2, 0) is 14.3 Å². The molecule has 0 aromatic heterocycles. The molecule has 0 heterocycles. The normalized spacial score (nSPS) is 12.9. The molecule has 3 amide bonds. The number of carbonyl (C=O) groups is 3. The lowest BCUT2D eigenvalue weighted by molar-refractivity contribution is -0.141. The molecule has 2 aromatic rings. The number of nitrogens with zero attached hydrogens (tertiary/aromatic N) is 1. The first kappa shape index (κ1) is 30.7. The smallest absolute Gasteiger partial charge is 0.408 e. The van der Waals surface area contributed by atoms with Gasteiger partial charge in [-0.05, 0) is 75.8 Å². The molecule has 0 aliphatic rings. The van der Waals surface area contributed by atoms with Crippen molar-refractivity contribution in [2.45, 2.75) is 85.4 Å². The summed E-state index contributed by atoms with van der Waals surface area (Å²) in [6.45, 7) is 13.4. The summed E-state index contributed by atoms with van der Waals surface area (Å²) < 4.78 is 5.43. The van der Waals surface area contributed by atoms with E-state index >= 15 is 0 Å². The average molecular weight is 526 g/mol. The van der Waals surface area contributed by atoms with Gasteiger partial charge < -0.3 is 25.4 Å². The number of phenols is 1. The van der Waals surface area contributed by atoms with E-state index in [9.17, 15) is 19.5 Å². The van der Waals surface area contributed by atoms with Crippen molar-refractivity contribution in [1.29, 1.82) is 0 Å². The molecule has 0 fully saturated rings. The highest BCUT2D eigenvalue weighted by atomic mass is 16.6. The summed E-state index contributed by atoms with van der Waals surface area (Å²) >= 11 is 0. The lowest BCUT2D eigenvalue weighted by Gasteiger charge is -2.35. The van der Waals surface area contributed by atoms with Crippen LogP contribution in [0.15, 0.2) is 48.5 Å². The first-order valence-corrected chi connectivity index (χ1v) is 13.3. The van der Waals surface area contributed by atoms with E-state index in [1.54, 1.807) is 39.0 Å². The van der Waals surface area contributed by atoms with Crippen molar-refractivity contribution in [3.8, 4) is 5.75 Å². The largest absolute Gasteiger partial charge is 0.508 e. The molecule has 0 bridgehead atoms. The van der Waals surface area contributed by atoms with Gasteiger partial charge in [0.15, 0.2) is 0 Å². The molecule has 0 saturated heterocycles. The predicted molar refractivity (Wildman–Crippen MR) is 150 cm³/mol. The van der Waals surface area contributed by atoms with Crippen LogP contribution in [0.4, 0.5) is 10.5 Å². The topological polar surface area (TPSA) is 108 Å². The Kier molecular flexibility index (Phi) is 11.2. The Morgan fingerprint density at radius 1 is 1.05 bits per heavy atom. The van der Waals surface area contributed by atoms with Crippen LogP contribution in [0.3, 0.4) is 0 Å². The maximum atomic E-state index is 14.1. The van der Waals surface area contributed by atoms with Crippen molar-refractivity contribution in [2.24, 2.45) is 5.92 Å². The van der Waals surface area contributed by atoms with Gasteiger partial charge in [-0.3, -0.25) is 9.59 Å². The van der Waals surface area contributed by atoms with Gasteiger partial charge in [0, 0.05) is 12.2 Å². The number of ether oxygens (including phenoxy) is 1. The molecule has 2 aromatic carbocycles. The number of amides is 3. The number of aromatic hydroxyl groups is 1. The summed E-state index contributed by atoms with van der Waals surface area (Å²) in [4.78, 5) is 42.1. The molecule has 2 unspecified atom stereocenters. The molecule has 38 heavy (non-hydrogen) atoms. The number of rotatable bonds is 11. The van der Waals surface area contributed by atoms with Crippen LogP contribution < -0.4 is 10.6 Å². The zero-order valence-electron chi connectivity index (χ0n) is 23.7. The first-order valence-electron chi connectivity index (χ1n) is 13.3. The first-order chi connectivity index (χ1) is 17.8. The van der Waals surface area contributed by atoms with Crippen molar-refractivity contribution in [2.75, 3.05) is 11.9 Å². The van der Waals surface area contributed by atoms with Gasteiger partial charge in [-0.25, -0.2) is 4.79 Å². The number of hydrogen-bond donors (Lipinski definition) is 3. The molecule has 0 aliphatic carbocycles. The summed E-state index contributed by atoms with van der Waals surface area (Å²) in [6, 6.07) is 11.8. The van der Waals surface area contributed by atoms with Crippen LogP contribution in [0.5, 0.6) is 5.75 Å². The maximum Gasteiger partial charge on any atom is 0.408 e. The monoisotopic (exact) mass is 525 g/mol. The molecular formula is C30H43N3O5. The summed E-state index contributed by atoms with van der Waals surface area (Å²) in [6.07, 6.45) is 1.13. The number of aryl methyl sites for hydroxylation is 1. The van der Waals surface area contributed by atoms with Gasteiger partial charge in [-0.2, -0.15) is 0 Å². The van der Waals surface area contributed by atoms with Crippen LogP contribution >= 0.6 is 0 Å². The number of anilines is 1. The fraction of sp³-hybridized carbons (Fsp3) is 0.500. The quantitative estimate of drug-likeness (QED) is 0.336. The van der Waals surface area contributed by atoms with Crippen molar-refractivity contribution in [3.05, 3.63) is 59.7 Å². The lowest BCUT2D eigenvalue weighted by atomic mass is 9.98. The summed E-state index contributed by atoms with van der Waals surface area (Å²) in [5.74, 6) is -0.710. The third kappa shape index (κ3) is 9.39. The van der Waals surface area contributed by atoms with Crippen molar-refractivity contribution in [3.63, 3.8) is 0 Å². The lowest BCUT2D eigenvalue weighted by Crippen LogP contribution is -2.53. The average Bonchev–Trinajstić information content (AvgIpc) is 2.80. The fourth-order valence-corrected chi connectivity index (χ4v) is 4.12. The highest BCUT2D eigenvalue weighted by molar-refractivity contribution is 5.99. The second kappa shape index (κ2) is 13.8. The predicted octanol–water partition coefficient (Wildman–Crippen LogP) is 5.95. The van der Waals surface area contributed by atoms with Gasteiger partial charge >= 0.3 is 6.09 Å². The van der Waals surface area contributed by atoms with Crippen molar-refractivity contribution < 1.29 is 24.2 Å². The van der Waals surface area contributed by atoms with E-state index in [1.165, 1.54) is 17.0 Å². The number of alkyl carbamates (subject to hydrolysis) is 1. The van der Waals surface area contributed by atoms with E-state index < -0.39 is 29.7 Å². The van der Waals surface area contributed by atoms with E-state index in [2.05, 4.69) is 10.6 Å². The molecule has 208 valence electrons. The van der Waals surface area contributed by atoms with Gasteiger partial charge in [0.1, 0.15) is 23.4 Å². The van der Waals surface area contributed by atoms with Crippen LogP contribution in [0.25, 0.3) is 0 Å². The molecule has 0 spiro atoms. The Labute approximate surface area is 226 Å². The number of benzene rings is 2. The summed E-state index contributed by atoms with van der Waals surface area (Å²) in [5.41, 5.74) is 1.26. The third-order valence-corrected chi connectivity index (χ3v) is 5.88. The fourth-order valence-electron chi connectivity index (χ4n) is 4.12. The Morgan fingerprint density at radius 2 is 1.74 bits per heavy atom. The van der Waals surface area contributed by atoms with E-state index in [4.69, 9.17) is 4.74 Å². The Morgan fingerprint density at radius 3 is 2.32 bits per heavy atom. The maximum absolute atomic E-state index is 14.1. The van der Waals surface area contributed by atoms with Crippen LogP contribution in [-0.4, -0.2) is 46.1 Å². The highest BCUT2D eigenvalue weighted by Crippen LogP contribution is 2.28. The van der Waals surface area contributed by atoms with Crippen LogP contribution in [0.2, 0.25) is 0 Å². The zero-order valence-corrected chi connectivity index (χ0v) is 23.7. The zero-order chi connectivity index (χ0) is 28.5. The van der Waals surface area contributed by atoms with Gasteiger partial charge in [-0.15, -0.1) is 0 Å².